The van der Waals surface area contributed by atoms with Crippen LogP contribution < -0.4 is 0 Å². The molecule has 11 heavy (non-hydrogen) atoms. The summed E-state index contributed by atoms with van der Waals surface area (Å²) in [6, 6.07) is 0. The van der Waals surface area contributed by atoms with Gasteiger partial charge in [0, 0.05) is 0 Å². The van der Waals surface area contributed by atoms with Crippen molar-refractivity contribution in [3.8, 4) is 0 Å². The zero-order valence-corrected chi connectivity index (χ0v) is 7.93. The van der Waals surface area contributed by atoms with Gasteiger partial charge in [-0.3, -0.25) is 0 Å². The van der Waals surface area contributed by atoms with Crippen molar-refractivity contribution in [3.05, 3.63) is 23.8 Å². The van der Waals surface area contributed by atoms with Crippen LogP contribution in [0.1, 0.15) is 26.7 Å². The SMILES string of the molecule is C[B]C/C(C)=C\C=C/CCC. The second-order valence-electron chi connectivity index (χ2n) is 2.84. The molecule has 0 aromatic heterocycles. The molecule has 0 aliphatic heterocycles. The van der Waals surface area contributed by atoms with E-state index >= 15 is 0 Å². The molecule has 0 bridgehead atoms. The fraction of sp³-hybridized carbons (Fsp3) is 0.600. The Morgan fingerprint density at radius 3 is 2.73 bits per heavy atom. The quantitative estimate of drug-likeness (QED) is 0.414. The van der Waals surface area contributed by atoms with Gasteiger partial charge in [-0.2, -0.15) is 0 Å². The molecular formula is C10H18B. The van der Waals surface area contributed by atoms with Crippen molar-refractivity contribution in [2.45, 2.75) is 39.8 Å². The van der Waals surface area contributed by atoms with Crippen LogP contribution in [-0.4, -0.2) is 7.28 Å². The molecule has 0 N–H and O–H groups in total. The monoisotopic (exact) mass is 149 g/mol. The van der Waals surface area contributed by atoms with Crippen LogP contribution in [0.15, 0.2) is 23.8 Å². The molecule has 0 aromatic rings. The number of hydrogen-bond donors (Lipinski definition) is 0. The minimum Gasteiger partial charge on any atom is -0.0917 e. The summed E-state index contributed by atoms with van der Waals surface area (Å²) in [5, 5.41) is 0. The Morgan fingerprint density at radius 1 is 1.45 bits per heavy atom. The van der Waals surface area contributed by atoms with Gasteiger partial charge in [-0.25, -0.2) is 0 Å². The van der Waals surface area contributed by atoms with Gasteiger partial charge in [0.25, 0.3) is 0 Å². The van der Waals surface area contributed by atoms with Crippen molar-refractivity contribution >= 4 is 7.28 Å². The van der Waals surface area contributed by atoms with E-state index in [2.05, 4.69) is 46.2 Å². The van der Waals surface area contributed by atoms with Crippen molar-refractivity contribution in [1.29, 1.82) is 0 Å². The first-order valence-electron chi connectivity index (χ1n) is 4.41. The molecule has 0 aromatic carbocycles. The summed E-state index contributed by atoms with van der Waals surface area (Å²) in [7, 11) is 2.18. The zero-order valence-electron chi connectivity index (χ0n) is 7.93. The van der Waals surface area contributed by atoms with Crippen LogP contribution in [0.2, 0.25) is 13.1 Å². The minimum atomic E-state index is 1.11. The molecule has 1 heteroatoms. The fourth-order valence-electron chi connectivity index (χ4n) is 0.885. The summed E-state index contributed by atoms with van der Waals surface area (Å²) in [5.74, 6) is 0. The van der Waals surface area contributed by atoms with Gasteiger partial charge >= 0.3 is 0 Å². The van der Waals surface area contributed by atoms with Gasteiger partial charge in [0.2, 0.25) is 0 Å². The molecule has 0 atom stereocenters. The smallest absolute Gasteiger partial charge is 0.0917 e. The number of hydrogen-bond acceptors (Lipinski definition) is 0. The van der Waals surface area contributed by atoms with E-state index in [9.17, 15) is 0 Å². The van der Waals surface area contributed by atoms with E-state index in [0.29, 0.717) is 0 Å². The highest BCUT2D eigenvalue weighted by molar-refractivity contribution is 6.34. The Bertz CT molecular complexity index is 134. The highest BCUT2D eigenvalue weighted by atomic mass is 13.8. The van der Waals surface area contributed by atoms with Crippen molar-refractivity contribution in [1.82, 2.24) is 0 Å². The molecule has 0 aliphatic carbocycles. The van der Waals surface area contributed by atoms with Gasteiger partial charge in [-0.1, -0.05) is 50.3 Å². The molecule has 0 heterocycles. The van der Waals surface area contributed by atoms with E-state index in [1.807, 2.05) is 0 Å². The maximum atomic E-state index is 2.22. The van der Waals surface area contributed by atoms with Crippen molar-refractivity contribution < 1.29 is 0 Å². The average molecular weight is 149 g/mol. The second-order valence-corrected chi connectivity index (χ2v) is 2.84. The van der Waals surface area contributed by atoms with Crippen LogP contribution in [-0.2, 0) is 0 Å². The molecule has 1 radical (unpaired) electrons. The summed E-state index contributed by atoms with van der Waals surface area (Å²) < 4.78 is 0. The molecule has 0 amide bonds. The minimum absolute atomic E-state index is 1.11. The number of allylic oxidation sites excluding steroid dienone is 4. The lowest BCUT2D eigenvalue weighted by Crippen LogP contribution is -1.80. The fourth-order valence-corrected chi connectivity index (χ4v) is 0.885. The van der Waals surface area contributed by atoms with Crippen LogP contribution in [0.5, 0.6) is 0 Å². The van der Waals surface area contributed by atoms with E-state index in [1.165, 1.54) is 18.4 Å². The highest BCUT2D eigenvalue weighted by Gasteiger charge is 1.83. The summed E-state index contributed by atoms with van der Waals surface area (Å²) in [5.41, 5.74) is 1.43. The van der Waals surface area contributed by atoms with Crippen LogP contribution in [0.3, 0.4) is 0 Å². The van der Waals surface area contributed by atoms with Gasteiger partial charge in [-0.15, -0.1) is 0 Å². The topological polar surface area (TPSA) is 0 Å². The third kappa shape index (κ3) is 7.44. The third-order valence-corrected chi connectivity index (χ3v) is 1.50. The number of unbranched alkanes of at least 4 members (excludes halogenated alkanes) is 1. The lowest BCUT2D eigenvalue weighted by Gasteiger charge is -1.92. The van der Waals surface area contributed by atoms with E-state index in [0.717, 1.165) is 6.32 Å². The molecule has 0 saturated carbocycles. The Hall–Kier alpha value is -0.455. The summed E-state index contributed by atoms with van der Waals surface area (Å²) >= 11 is 0. The molecule has 0 nitrogen and oxygen atoms in total. The standard InChI is InChI=1S/C10H18B/c1-4-5-6-7-8-10(2)9-11-3/h6-8H,4-5,9H2,1-3H3/b7-6-,10-8-. The Kier molecular flexibility index (Phi) is 7.33. The van der Waals surface area contributed by atoms with Gasteiger partial charge in [-0.05, 0) is 13.3 Å². The van der Waals surface area contributed by atoms with Crippen LogP contribution in [0.4, 0.5) is 0 Å². The first-order chi connectivity index (χ1) is 5.31. The Labute approximate surface area is 71.6 Å². The molecule has 0 unspecified atom stereocenters. The average Bonchev–Trinajstić information content (AvgIpc) is 1.99. The largest absolute Gasteiger partial charge is 0.111 e. The molecule has 0 saturated heterocycles. The van der Waals surface area contributed by atoms with Crippen LogP contribution in [0.25, 0.3) is 0 Å². The number of rotatable bonds is 5. The maximum Gasteiger partial charge on any atom is 0.111 e. The third-order valence-electron chi connectivity index (χ3n) is 1.50. The van der Waals surface area contributed by atoms with Gasteiger partial charge in [0.05, 0.1) is 0 Å². The summed E-state index contributed by atoms with van der Waals surface area (Å²) in [4.78, 5) is 0. The predicted octanol–water partition coefficient (Wildman–Crippen LogP) is 3.46. The lowest BCUT2D eigenvalue weighted by atomic mass is 9.75. The Morgan fingerprint density at radius 2 is 2.18 bits per heavy atom. The normalized spacial score (nSPS) is 12.5. The first-order valence-corrected chi connectivity index (χ1v) is 4.41. The van der Waals surface area contributed by atoms with E-state index in [4.69, 9.17) is 0 Å². The second kappa shape index (κ2) is 7.65. The van der Waals surface area contributed by atoms with E-state index in [-0.39, 0.29) is 0 Å². The van der Waals surface area contributed by atoms with Crippen molar-refractivity contribution in [2.75, 3.05) is 0 Å². The van der Waals surface area contributed by atoms with Crippen LogP contribution in [0, 0.1) is 0 Å². The lowest BCUT2D eigenvalue weighted by molar-refractivity contribution is 0.958. The van der Waals surface area contributed by atoms with Crippen molar-refractivity contribution in [3.63, 3.8) is 0 Å². The highest BCUT2D eigenvalue weighted by Crippen LogP contribution is 2.00. The van der Waals surface area contributed by atoms with Gasteiger partial charge in [0.1, 0.15) is 7.28 Å². The summed E-state index contributed by atoms with van der Waals surface area (Å²) in [6.07, 6.45) is 10.1. The molecular weight excluding hydrogens is 131 g/mol. The zero-order chi connectivity index (χ0) is 8.53. The summed E-state index contributed by atoms with van der Waals surface area (Å²) in [6.45, 7) is 6.45. The molecule has 0 aliphatic rings. The van der Waals surface area contributed by atoms with Crippen molar-refractivity contribution in [2.24, 2.45) is 0 Å². The van der Waals surface area contributed by atoms with E-state index < -0.39 is 0 Å². The predicted molar refractivity (Wildman–Crippen MR) is 54.2 cm³/mol. The molecule has 0 rings (SSSR count). The maximum absolute atomic E-state index is 2.22. The van der Waals surface area contributed by atoms with Gasteiger partial charge in [0.15, 0.2) is 0 Å². The van der Waals surface area contributed by atoms with Crippen LogP contribution >= 0.6 is 0 Å². The molecule has 0 spiro atoms. The molecule has 0 fully saturated rings. The Balaban J connectivity index is 3.53. The van der Waals surface area contributed by atoms with Gasteiger partial charge < -0.3 is 0 Å². The molecule has 61 valence electrons. The first kappa shape index (κ1) is 10.5. The van der Waals surface area contributed by atoms with E-state index in [1.54, 1.807) is 0 Å².